The predicted octanol–water partition coefficient (Wildman–Crippen LogP) is 2.34. The van der Waals surface area contributed by atoms with E-state index in [1.54, 1.807) is 4.90 Å². The first kappa shape index (κ1) is 15.6. The summed E-state index contributed by atoms with van der Waals surface area (Å²) in [5.41, 5.74) is -0.407. The molecule has 1 aliphatic rings. The van der Waals surface area contributed by atoms with E-state index in [2.05, 4.69) is 18.5 Å². The van der Waals surface area contributed by atoms with Crippen LogP contribution >= 0.6 is 11.8 Å². The van der Waals surface area contributed by atoms with Gasteiger partial charge in [-0.3, -0.25) is 0 Å². The second-order valence-corrected chi connectivity index (χ2v) is 7.14. The van der Waals surface area contributed by atoms with E-state index >= 15 is 0 Å². The molecule has 4 nitrogen and oxygen atoms in total. The Morgan fingerprint density at radius 1 is 1.56 bits per heavy atom. The summed E-state index contributed by atoms with van der Waals surface area (Å²) in [7, 11) is 0. The van der Waals surface area contributed by atoms with Gasteiger partial charge < -0.3 is 15.0 Å². The van der Waals surface area contributed by atoms with Gasteiger partial charge in [-0.1, -0.05) is 6.92 Å². The Morgan fingerprint density at radius 2 is 2.22 bits per heavy atom. The van der Waals surface area contributed by atoms with Gasteiger partial charge in [0.05, 0.1) is 0 Å². The number of amides is 1. The molecule has 0 aromatic heterocycles. The molecule has 0 radical (unpaired) electrons. The molecule has 0 saturated carbocycles. The average Bonchev–Trinajstić information content (AvgIpc) is 2.72. The standard InChI is InChI=1S/C13H26N2O2S/c1-10(18-5)8-14-11-6-7-15(9-11)12(16)17-13(2,3)4/h10-11,14H,6-9H2,1-5H3. The first-order valence-corrected chi connectivity index (χ1v) is 7.84. The molecule has 0 spiro atoms. The fourth-order valence-corrected chi connectivity index (χ4v) is 2.10. The largest absolute Gasteiger partial charge is 0.444 e. The molecule has 2 atom stereocenters. The van der Waals surface area contributed by atoms with E-state index in [0.29, 0.717) is 11.3 Å². The second kappa shape index (κ2) is 6.66. The summed E-state index contributed by atoms with van der Waals surface area (Å²) in [6.07, 6.45) is 2.94. The van der Waals surface area contributed by atoms with Gasteiger partial charge >= 0.3 is 6.09 Å². The third kappa shape index (κ3) is 5.48. The molecule has 2 unspecified atom stereocenters. The van der Waals surface area contributed by atoms with Crippen LogP contribution in [0.15, 0.2) is 0 Å². The Hall–Kier alpha value is -0.420. The van der Waals surface area contributed by atoms with Gasteiger partial charge in [-0.05, 0) is 33.4 Å². The minimum Gasteiger partial charge on any atom is -0.444 e. The molecule has 0 aromatic rings. The highest BCUT2D eigenvalue weighted by atomic mass is 32.2. The van der Waals surface area contributed by atoms with Crippen LogP contribution in [0, 0.1) is 0 Å². The lowest BCUT2D eigenvalue weighted by Gasteiger charge is -2.24. The van der Waals surface area contributed by atoms with Crippen LogP contribution in [-0.2, 0) is 4.74 Å². The van der Waals surface area contributed by atoms with E-state index in [1.165, 1.54) is 0 Å². The maximum atomic E-state index is 11.9. The van der Waals surface area contributed by atoms with Crippen LogP contribution < -0.4 is 5.32 Å². The molecule has 1 N–H and O–H groups in total. The van der Waals surface area contributed by atoms with Crippen LogP contribution in [0.2, 0.25) is 0 Å². The minimum absolute atomic E-state index is 0.190. The monoisotopic (exact) mass is 274 g/mol. The average molecular weight is 274 g/mol. The second-order valence-electron chi connectivity index (χ2n) is 5.87. The molecule has 0 aliphatic carbocycles. The molecule has 0 bridgehead atoms. The van der Waals surface area contributed by atoms with Crippen LogP contribution in [0.5, 0.6) is 0 Å². The van der Waals surface area contributed by atoms with Crippen molar-refractivity contribution in [1.29, 1.82) is 0 Å². The fraction of sp³-hybridized carbons (Fsp3) is 0.923. The number of hydrogen-bond donors (Lipinski definition) is 1. The Balaban J connectivity index is 2.30. The lowest BCUT2D eigenvalue weighted by atomic mass is 10.2. The topological polar surface area (TPSA) is 41.6 Å². The number of nitrogens with one attached hydrogen (secondary N) is 1. The van der Waals surface area contributed by atoms with Crippen molar-refractivity contribution >= 4 is 17.9 Å². The number of hydrogen-bond acceptors (Lipinski definition) is 4. The van der Waals surface area contributed by atoms with E-state index in [4.69, 9.17) is 4.74 Å². The maximum Gasteiger partial charge on any atom is 0.410 e. The molecule has 1 fully saturated rings. The highest BCUT2D eigenvalue weighted by Gasteiger charge is 2.29. The summed E-state index contributed by atoms with van der Waals surface area (Å²) >= 11 is 1.86. The predicted molar refractivity (Wildman–Crippen MR) is 77.2 cm³/mol. The maximum absolute atomic E-state index is 11.9. The van der Waals surface area contributed by atoms with E-state index in [1.807, 2.05) is 32.5 Å². The number of rotatable bonds is 4. The van der Waals surface area contributed by atoms with E-state index in [9.17, 15) is 4.79 Å². The van der Waals surface area contributed by atoms with Gasteiger partial charge in [0.15, 0.2) is 0 Å². The van der Waals surface area contributed by atoms with Gasteiger partial charge in [-0.2, -0.15) is 11.8 Å². The first-order chi connectivity index (χ1) is 8.31. The van der Waals surface area contributed by atoms with Gasteiger partial charge in [0.1, 0.15) is 5.60 Å². The number of likely N-dealkylation sites (tertiary alicyclic amines) is 1. The third-order valence-electron chi connectivity index (χ3n) is 2.94. The Labute approximate surface area is 115 Å². The van der Waals surface area contributed by atoms with Crippen molar-refractivity contribution in [3.8, 4) is 0 Å². The van der Waals surface area contributed by atoms with Gasteiger partial charge in [0, 0.05) is 30.9 Å². The van der Waals surface area contributed by atoms with Crippen molar-refractivity contribution in [2.75, 3.05) is 25.9 Å². The number of carbonyl (C=O) groups excluding carboxylic acids is 1. The molecule has 1 heterocycles. The van der Waals surface area contributed by atoms with Crippen molar-refractivity contribution in [3.63, 3.8) is 0 Å². The minimum atomic E-state index is -0.407. The van der Waals surface area contributed by atoms with Crippen molar-refractivity contribution in [2.45, 2.75) is 51.0 Å². The van der Waals surface area contributed by atoms with Crippen LogP contribution in [0.4, 0.5) is 4.79 Å². The molecule has 0 aromatic carbocycles. The molecule has 5 heteroatoms. The smallest absolute Gasteiger partial charge is 0.410 e. The van der Waals surface area contributed by atoms with Gasteiger partial charge in [-0.15, -0.1) is 0 Å². The van der Waals surface area contributed by atoms with Crippen molar-refractivity contribution in [1.82, 2.24) is 10.2 Å². The van der Waals surface area contributed by atoms with Crippen molar-refractivity contribution in [2.24, 2.45) is 0 Å². The van der Waals surface area contributed by atoms with E-state index < -0.39 is 5.60 Å². The summed E-state index contributed by atoms with van der Waals surface area (Å²) in [4.78, 5) is 13.7. The lowest BCUT2D eigenvalue weighted by Crippen LogP contribution is -2.39. The molecule has 1 rings (SSSR count). The number of nitrogens with zero attached hydrogens (tertiary/aromatic N) is 1. The molecule has 1 amide bonds. The highest BCUT2D eigenvalue weighted by Crippen LogP contribution is 2.15. The first-order valence-electron chi connectivity index (χ1n) is 6.56. The summed E-state index contributed by atoms with van der Waals surface area (Å²) in [6.45, 7) is 10.5. The number of carbonyl (C=O) groups is 1. The summed E-state index contributed by atoms with van der Waals surface area (Å²) in [6, 6.07) is 0.409. The van der Waals surface area contributed by atoms with Crippen LogP contribution in [0.1, 0.15) is 34.1 Å². The van der Waals surface area contributed by atoms with Crippen molar-refractivity contribution < 1.29 is 9.53 Å². The summed E-state index contributed by atoms with van der Waals surface area (Å²) in [5.74, 6) is 0. The van der Waals surface area contributed by atoms with E-state index in [-0.39, 0.29) is 6.09 Å². The SMILES string of the molecule is CSC(C)CNC1CCN(C(=O)OC(C)(C)C)C1. The summed E-state index contributed by atoms with van der Waals surface area (Å²) < 4.78 is 5.37. The Bertz CT molecular complexity index is 279. The fourth-order valence-electron chi connectivity index (χ4n) is 1.84. The van der Waals surface area contributed by atoms with Crippen molar-refractivity contribution in [3.05, 3.63) is 0 Å². The molecule has 106 valence electrons. The zero-order valence-electron chi connectivity index (χ0n) is 12.2. The number of ether oxygens (including phenoxy) is 1. The van der Waals surface area contributed by atoms with Crippen LogP contribution in [0.3, 0.4) is 0 Å². The van der Waals surface area contributed by atoms with Gasteiger partial charge in [0.2, 0.25) is 0 Å². The normalized spacial score (nSPS) is 22.1. The van der Waals surface area contributed by atoms with Crippen LogP contribution in [-0.4, -0.2) is 53.8 Å². The lowest BCUT2D eigenvalue weighted by molar-refractivity contribution is 0.0291. The zero-order valence-corrected chi connectivity index (χ0v) is 13.0. The zero-order chi connectivity index (χ0) is 13.8. The third-order valence-corrected chi connectivity index (χ3v) is 3.91. The Kier molecular flexibility index (Phi) is 5.79. The van der Waals surface area contributed by atoms with Gasteiger partial charge in [-0.25, -0.2) is 4.79 Å². The number of thioether (sulfide) groups is 1. The Morgan fingerprint density at radius 3 is 2.78 bits per heavy atom. The van der Waals surface area contributed by atoms with E-state index in [0.717, 1.165) is 26.1 Å². The molecule has 1 saturated heterocycles. The molecule has 18 heavy (non-hydrogen) atoms. The van der Waals surface area contributed by atoms with Gasteiger partial charge in [0.25, 0.3) is 0 Å². The highest BCUT2D eigenvalue weighted by molar-refractivity contribution is 7.99. The molecular formula is C13H26N2O2S. The van der Waals surface area contributed by atoms with Crippen LogP contribution in [0.25, 0.3) is 0 Å². The quantitative estimate of drug-likeness (QED) is 0.854. The molecule has 1 aliphatic heterocycles. The molecular weight excluding hydrogens is 248 g/mol. The summed E-state index contributed by atoms with van der Waals surface area (Å²) in [5, 5.41) is 4.12.